The number of pyridine rings is 1. The summed E-state index contributed by atoms with van der Waals surface area (Å²) in [5, 5.41) is 3.33. The van der Waals surface area contributed by atoms with Crippen LogP contribution in [0, 0.1) is 0 Å². The van der Waals surface area contributed by atoms with E-state index in [9.17, 15) is 0 Å². The van der Waals surface area contributed by atoms with Crippen molar-refractivity contribution >= 4 is 0 Å². The van der Waals surface area contributed by atoms with Crippen LogP contribution in [0.1, 0.15) is 31.0 Å². The molecule has 1 unspecified atom stereocenters. The molecule has 19 heavy (non-hydrogen) atoms. The molecule has 0 radical (unpaired) electrons. The van der Waals surface area contributed by atoms with Crippen molar-refractivity contribution in [3.63, 3.8) is 0 Å². The van der Waals surface area contributed by atoms with Crippen molar-refractivity contribution in [1.29, 1.82) is 0 Å². The minimum atomic E-state index is 0.0867. The normalized spacial score (nSPS) is 12.4. The van der Waals surface area contributed by atoms with Gasteiger partial charge in [-0.3, -0.25) is 4.98 Å². The number of benzene rings is 1. The maximum Gasteiger partial charge on any atom is 0.124 e. The minimum absolute atomic E-state index is 0.0867. The molecular weight excluding hydrogens is 236 g/mol. The zero-order chi connectivity index (χ0) is 13.7. The van der Waals surface area contributed by atoms with Crippen LogP contribution in [0.3, 0.4) is 0 Å². The van der Waals surface area contributed by atoms with Crippen molar-refractivity contribution in [3.8, 4) is 5.75 Å². The third kappa shape index (κ3) is 3.32. The summed E-state index contributed by atoms with van der Waals surface area (Å²) in [6, 6.07) is 12.2. The minimum Gasteiger partial charge on any atom is -0.491 e. The second-order valence-electron chi connectivity index (χ2n) is 4.71. The second-order valence-corrected chi connectivity index (χ2v) is 4.71. The highest BCUT2D eigenvalue weighted by Gasteiger charge is 2.16. The number of nitrogens with zero attached hydrogens (tertiary/aromatic N) is 1. The van der Waals surface area contributed by atoms with Gasteiger partial charge in [0.15, 0.2) is 0 Å². The monoisotopic (exact) mass is 256 g/mol. The van der Waals surface area contributed by atoms with Crippen LogP contribution < -0.4 is 10.1 Å². The van der Waals surface area contributed by atoms with E-state index in [4.69, 9.17) is 4.74 Å². The van der Waals surface area contributed by atoms with Gasteiger partial charge in [-0.2, -0.15) is 0 Å². The van der Waals surface area contributed by atoms with Crippen LogP contribution in [0.25, 0.3) is 0 Å². The number of rotatable bonds is 5. The van der Waals surface area contributed by atoms with E-state index in [-0.39, 0.29) is 12.1 Å². The molecule has 0 aliphatic rings. The summed E-state index contributed by atoms with van der Waals surface area (Å²) in [6.45, 7) is 4.07. The van der Waals surface area contributed by atoms with Gasteiger partial charge in [0, 0.05) is 18.0 Å². The summed E-state index contributed by atoms with van der Waals surface area (Å²) >= 11 is 0. The van der Waals surface area contributed by atoms with Gasteiger partial charge in [-0.25, -0.2) is 0 Å². The third-order valence-electron chi connectivity index (χ3n) is 2.90. The summed E-state index contributed by atoms with van der Waals surface area (Å²) in [7, 11) is 1.95. The first-order valence-corrected chi connectivity index (χ1v) is 6.55. The lowest BCUT2D eigenvalue weighted by atomic mass is 9.99. The molecule has 1 atom stereocenters. The summed E-state index contributed by atoms with van der Waals surface area (Å²) in [4.78, 5) is 4.19. The number of hydrogen-bond acceptors (Lipinski definition) is 3. The SMILES string of the molecule is CNC(c1cccnc1)c1ccccc1OC(C)C. The topological polar surface area (TPSA) is 34.2 Å². The molecule has 1 aromatic carbocycles. The molecular formula is C16H20N2O. The fourth-order valence-corrected chi connectivity index (χ4v) is 2.13. The summed E-state index contributed by atoms with van der Waals surface area (Å²) in [5.41, 5.74) is 2.26. The highest BCUT2D eigenvalue weighted by Crippen LogP contribution is 2.29. The Balaban J connectivity index is 2.38. The second kappa shape index (κ2) is 6.34. The Morgan fingerprint density at radius 2 is 1.89 bits per heavy atom. The van der Waals surface area contributed by atoms with Gasteiger partial charge >= 0.3 is 0 Å². The van der Waals surface area contributed by atoms with Crippen LogP contribution in [-0.4, -0.2) is 18.1 Å². The van der Waals surface area contributed by atoms with Gasteiger partial charge in [-0.15, -0.1) is 0 Å². The summed E-state index contributed by atoms with van der Waals surface area (Å²) in [5.74, 6) is 0.917. The van der Waals surface area contributed by atoms with Gasteiger partial charge in [-0.05, 0) is 38.6 Å². The first-order valence-electron chi connectivity index (χ1n) is 6.55. The average molecular weight is 256 g/mol. The van der Waals surface area contributed by atoms with Crippen LogP contribution in [0.2, 0.25) is 0 Å². The van der Waals surface area contributed by atoms with E-state index in [1.165, 1.54) is 0 Å². The molecule has 3 heteroatoms. The van der Waals surface area contributed by atoms with Crippen molar-refractivity contribution in [2.24, 2.45) is 0 Å². The average Bonchev–Trinajstić information content (AvgIpc) is 2.42. The van der Waals surface area contributed by atoms with Gasteiger partial charge in [0.1, 0.15) is 5.75 Å². The number of nitrogens with one attached hydrogen (secondary N) is 1. The molecule has 0 saturated heterocycles. The standard InChI is InChI=1S/C16H20N2O/c1-12(2)19-15-9-5-4-8-14(15)16(17-3)13-7-6-10-18-11-13/h4-12,16-17H,1-3H3. The van der Waals surface area contributed by atoms with E-state index in [2.05, 4.69) is 22.4 Å². The molecule has 0 bridgehead atoms. The van der Waals surface area contributed by atoms with Gasteiger partial charge in [0.25, 0.3) is 0 Å². The van der Waals surface area contributed by atoms with Crippen molar-refractivity contribution in [3.05, 3.63) is 59.9 Å². The first kappa shape index (κ1) is 13.6. The molecule has 3 nitrogen and oxygen atoms in total. The Bertz CT molecular complexity index is 511. The van der Waals surface area contributed by atoms with Crippen LogP contribution in [-0.2, 0) is 0 Å². The molecule has 0 spiro atoms. The molecule has 0 saturated carbocycles. The Labute approximate surface area is 114 Å². The van der Waals surface area contributed by atoms with E-state index in [1.807, 2.05) is 51.4 Å². The smallest absolute Gasteiger partial charge is 0.124 e. The predicted molar refractivity (Wildman–Crippen MR) is 77.3 cm³/mol. The number of hydrogen-bond donors (Lipinski definition) is 1. The Hall–Kier alpha value is -1.87. The van der Waals surface area contributed by atoms with Gasteiger partial charge in [0.05, 0.1) is 12.1 Å². The van der Waals surface area contributed by atoms with Crippen LogP contribution in [0.5, 0.6) is 5.75 Å². The predicted octanol–water partition coefficient (Wildman–Crippen LogP) is 3.18. The molecule has 100 valence electrons. The maximum atomic E-state index is 5.89. The molecule has 0 fully saturated rings. The van der Waals surface area contributed by atoms with E-state index in [0.29, 0.717) is 0 Å². The number of aromatic nitrogens is 1. The zero-order valence-corrected chi connectivity index (χ0v) is 11.6. The quantitative estimate of drug-likeness (QED) is 0.892. The number of para-hydroxylation sites is 1. The van der Waals surface area contributed by atoms with E-state index in [0.717, 1.165) is 16.9 Å². The van der Waals surface area contributed by atoms with Crippen LogP contribution in [0.4, 0.5) is 0 Å². The Kier molecular flexibility index (Phi) is 4.53. The fourth-order valence-electron chi connectivity index (χ4n) is 2.13. The summed E-state index contributed by atoms with van der Waals surface area (Å²) in [6.07, 6.45) is 3.83. The fraction of sp³-hybridized carbons (Fsp3) is 0.312. The molecule has 2 rings (SSSR count). The van der Waals surface area contributed by atoms with Crippen molar-refractivity contribution in [1.82, 2.24) is 10.3 Å². The van der Waals surface area contributed by atoms with Crippen LogP contribution >= 0.6 is 0 Å². The van der Waals surface area contributed by atoms with Gasteiger partial charge < -0.3 is 10.1 Å². The van der Waals surface area contributed by atoms with Gasteiger partial charge in [0.2, 0.25) is 0 Å². The van der Waals surface area contributed by atoms with Crippen molar-refractivity contribution in [2.75, 3.05) is 7.05 Å². The summed E-state index contributed by atoms with van der Waals surface area (Å²) < 4.78 is 5.89. The lowest BCUT2D eigenvalue weighted by molar-refractivity contribution is 0.238. The lowest BCUT2D eigenvalue weighted by Crippen LogP contribution is -2.19. The number of ether oxygens (including phenoxy) is 1. The first-order chi connectivity index (χ1) is 9.22. The molecule has 0 aliphatic carbocycles. The molecule has 0 amide bonds. The van der Waals surface area contributed by atoms with Crippen molar-refractivity contribution in [2.45, 2.75) is 26.0 Å². The zero-order valence-electron chi connectivity index (χ0n) is 11.6. The molecule has 1 aromatic heterocycles. The highest BCUT2D eigenvalue weighted by atomic mass is 16.5. The third-order valence-corrected chi connectivity index (χ3v) is 2.90. The lowest BCUT2D eigenvalue weighted by Gasteiger charge is -2.21. The molecule has 1 heterocycles. The highest BCUT2D eigenvalue weighted by molar-refractivity contribution is 5.41. The van der Waals surface area contributed by atoms with E-state index in [1.54, 1.807) is 6.20 Å². The van der Waals surface area contributed by atoms with E-state index >= 15 is 0 Å². The van der Waals surface area contributed by atoms with Crippen LogP contribution in [0.15, 0.2) is 48.8 Å². The Morgan fingerprint density at radius 3 is 2.53 bits per heavy atom. The van der Waals surface area contributed by atoms with E-state index < -0.39 is 0 Å². The molecule has 0 aliphatic heterocycles. The maximum absolute atomic E-state index is 5.89. The Morgan fingerprint density at radius 1 is 1.11 bits per heavy atom. The largest absolute Gasteiger partial charge is 0.491 e. The van der Waals surface area contributed by atoms with Crippen molar-refractivity contribution < 1.29 is 4.74 Å². The molecule has 1 N–H and O–H groups in total. The van der Waals surface area contributed by atoms with Gasteiger partial charge in [-0.1, -0.05) is 24.3 Å². The molecule has 2 aromatic rings.